The van der Waals surface area contributed by atoms with E-state index in [2.05, 4.69) is 231 Å². The minimum Gasteiger partial charge on any atom is -0.0623 e. The minimum atomic E-state index is -2.60. The summed E-state index contributed by atoms with van der Waals surface area (Å²) in [5.74, 6) is 0. The second-order valence-electron chi connectivity index (χ2n) is 14.4. The third kappa shape index (κ3) is 5.52. The van der Waals surface area contributed by atoms with Crippen molar-refractivity contribution >= 4 is 61.1 Å². The molecular formula is C54H38Si. The van der Waals surface area contributed by atoms with Crippen LogP contribution in [0, 0.1) is 0 Å². The van der Waals surface area contributed by atoms with Gasteiger partial charge in [-0.15, -0.1) is 0 Å². The topological polar surface area (TPSA) is 0 Å². The third-order valence-electron chi connectivity index (χ3n) is 11.4. The van der Waals surface area contributed by atoms with E-state index in [4.69, 9.17) is 0 Å². The van der Waals surface area contributed by atoms with E-state index in [0.29, 0.717) is 0 Å². The van der Waals surface area contributed by atoms with Crippen LogP contribution in [0.25, 0.3) is 65.7 Å². The van der Waals surface area contributed by atoms with Crippen molar-refractivity contribution in [3.8, 4) is 33.4 Å². The van der Waals surface area contributed by atoms with Crippen molar-refractivity contribution in [2.24, 2.45) is 0 Å². The molecule has 258 valence electrons. The van der Waals surface area contributed by atoms with Gasteiger partial charge in [0.1, 0.15) is 0 Å². The van der Waals surface area contributed by atoms with Gasteiger partial charge < -0.3 is 0 Å². The number of benzene rings is 10. The first-order valence-electron chi connectivity index (χ1n) is 19.1. The summed E-state index contributed by atoms with van der Waals surface area (Å²) >= 11 is 0. The van der Waals surface area contributed by atoms with Gasteiger partial charge in [0.2, 0.25) is 0 Å². The summed E-state index contributed by atoms with van der Waals surface area (Å²) < 4.78 is 0. The van der Waals surface area contributed by atoms with Gasteiger partial charge in [-0.1, -0.05) is 224 Å². The molecule has 0 amide bonds. The van der Waals surface area contributed by atoms with Crippen molar-refractivity contribution < 1.29 is 0 Å². The molecule has 10 aromatic rings. The van der Waals surface area contributed by atoms with E-state index in [0.717, 1.165) is 0 Å². The molecule has 1 heteroatoms. The maximum absolute atomic E-state index is 2.60. The Morgan fingerprint density at radius 3 is 1.18 bits per heavy atom. The van der Waals surface area contributed by atoms with Crippen molar-refractivity contribution in [2.45, 2.75) is 0 Å². The molecule has 0 aliphatic carbocycles. The first kappa shape index (κ1) is 32.8. The van der Waals surface area contributed by atoms with Crippen LogP contribution in [0.2, 0.25) is 0 Å². The highest BCUT2D eigenvalue weighted by molar-refractivity contribution is 7.19. The summed E-state index contributed by atoms with van der Waals surface area (Å²) in [6.45, 7) is 0. The molecule has 10 aromatic carbocycles. The van der Waals surface area contributed by atoms with Crippen LogP contribution < -0.4 is 20.7 Å². The van der Waals surface area contributed by atoms with Crippen molar-refractivity contribution in [3.05, 3.63) is 231 Å². The molecule has 0 nitrogen and oxygen atoms in total. The van der Waals surface area contributed by atoms with Crippen LogP contribution in [0.15, 0.2) is 231 Å². The summed E-state index contributed by atoms with van der Waals surface area (Å²) in [7, 11) is -2.60. The van der Waals surface area contributed by atoms with Crippen LogP contribution in [0.3, 0.4) is 0 Å². The zero-order valence-electron chi connectivity index (χ0n) is 30.4. The molecule has 0 N–H and O–H groups in total. The predicted molar refractivity (Wildman–Crippen MR) is 239 cm³/mol. The van der Waals surface area contributed by atoms with E-state index < -0.39 is 8.07 Å². The molecule has 0 fully saturated rings. The van der Waals surface area contributed by atoms with Crippen molar-refractivity contribution in [3.63, 3.8) is 0 Å². The molecule has 0 aromatic heterocycles. The van der Waals surface area contributed by atoms with Crippen LogP contribution in [0.4, 0.5) is 0 Å². The molecule has 10 rings (SSSR count). The third-order valence-corrected chi connectivity index (χ3v) is 16.2. The highest BCUT2D eigenvalue weighted by Crippen LogP contribution is 2.45. The lowest BCUT2D eigenvalue weighted by Crippen LogP contribution is -2.74. The molecule has 0 saturated heterocycles. The van der Waals surface area contributed by atoms with Gasteiger partial charge in [0.05, 0.1) is 0 Å². The van der Waals surface area contributed by atoms with E-state index in [1.165, 1.54) is 86.4 Å². The Morgan fingerprint density at radius 1 is 0.236 bits per heavy atom. The zero-order valence-corrected chi connectivity index (χ0v) is 31.4. The molecule has 55 heavy (non-hydrogen) atoms. The minimum absolute atomic E-state index is 1.21. The van der Waals surface area contributed by atoms with E-state index in [1.54, 1.807) is 0 Å². The van der Waals surface area contributed by atoms with Gasteiger partial charge in [-0.05, 0) is 92.5 Å². The maximum Gasteiger partial charge on any atom is 0.179 e. The second kappa shape index (κ2) is 13.9. The van der Waals surface area contributed by atoms with Crippen LogP contribution in [0.5, 0.6) is 0 Å². The quantitative estimate of drug-likeness (QED) is 0.0876. The molecule has 0 radical (unpaired) electrons. The molecule has 0 aliphatic rings. The van der Waals surface area contributed by atoms with Gasteiger partial charge in [-0.25, -0.2) is 0 Å². The van der Waals surface area contributed by atoms with E-state index in [-0.39, 0.29) is 0 Å². The van der Waals surface area contributed by atoms with Gasteiger partial charge in [0.25, 0.3) is 0 Å². The molecule has 0 aliphatic heterocycles. The molecule has 0 bridgehead atoms. The fourth-order valence-corrected chi connectivity index (χ4v) is 13.7. The van der Waals surface area contributed by atoms with Crippen LogP contribution in [0.1, 0.15) is 0 Å². The average molecular weight is 715 g/mol. The fraction of sp³-hybridized carbons (Fsp3) is 0. The zero-order chi connectivity index (χ0) is 36.6. The lowest BCUT2D eigenvalue weighted by Gasteiger charge is -2.34. The molecule has 0 saturated carbocycles. The van der Waals surface area contributed by atoms with E-state index >= 15 is 0 Å². The van der Waals surface area contributed by atoms with Gasteiger partial charge in [0, 0.05) is 0 Å². The normalized spacial score (nSPS) is 11.6. The Labute approximate surface area is 323 Å². The van der Waals surface area contributed by atoms with Crippen LogP contribution >= 0.6 is 0 Å². The van der Waals surface area contributed by atoms with E-state index in [1.807, 2.05) is 0 Å². The monoisotopic (exact) mass is 714 g/mol. The van der Waals surface area contributed by atoms with Crippen LogP contribution in [-0.4, -0.2) is 8.07 Å². The van der Waals surface area contributed by atoms with Gasteiger partial charge in [0.15, 0.2) is 8.07 Å². The lowest BCUT2D eigenvalue weighted by atomic mass is 9.84. The number of hydrogen-bond acceptors (Lipinski definition) is 0. The largest absolute Gasteiger partial charge is 0.179 e. The van der Waals surface area contributed by atoms with Gasteiger partial charge in [-0.3, -0.25) is 0 Å². The number of rotatable bonds is 7. The standard InChI is InChI=1S/C54H38Si/c1-4-22-43(23-5-1)55(44-24-6-2-7-25-44,45-26-8-3-9-27-45)46-36-34-39(35-37-46)41-20-16-21-42(38-41)53-49-29-12-14-31-51(49)54(52-32-15-13-30-50(52)53)48-33-17-19-40-18-10-11-28-47(40)48/h1-38H. The van der Waals surface area contributed by atoms with Gasteiger partial charge >= 0.3 is 0 Å². The Morgan fingerprint density at radius 2 is 0.636 bits per heavy atom. The summed E-state index contributed by atoms with van der Waals surface area (Å²) in [6.07, 6.45) is 0. The van der Waals surface area contributed by atoms with Crippen molar-refractivity contribution in [1.82, 2.24) is 0 Å². The summed E-state index contributed by atoms with van der Waals surface area (Å²) in [6, 6.07) is 85.4. The Bertz CT molecular complexity index is 2790. The SMILES string of the molecule is c1ccc([Si](c2ccccc2)(c2ccccc2)c2ccc(-c3cccc(-c4c5ccccc5c(-c5cccc6ccccc56)c5ccccc45)c3)cc2)cc1. The van der Waals surface area contributed by atoms with Crippen molar-refractivity contribution in [2.75, 3.05) is 0 Å². The first-order chi connectivity index (χ1) is 27.3. The summed E-state index contributed by atoms with van der Waals surface area (Å²) in [5.41, 5.74) is 7.48. The first-order valence-corrected chi connectivity index (χ1v) is 21.1. The summed E-state index contributed by atoms with van der Waals surface area (Å²) in [5, 5.41) is 13.1. The summed E-state index contributed by atoms with van der Waals surface area (Å²) in [4.78, 5) is 0. The Hall–Kier alpha value is -6.80. The molecule has 0 spiro atoms. The highest BCUT2D eigenvalue weighted by atomic mass is 28.3. The highest BCUT2D eigenvalue weighted by Gasteiger charge is 2.41. The van der Waals surface area contributed by atoms with Crippen LogP contribution in [-0.2, 0) is 0 Å². The van der Waals surface area contributed by atoms with Crippen molar-refractivity contribution in [1.29, 1.82) is 0 Å². The van der Waals surface area contributed by atoms with E-state index in [9.17, 15) is 0 Å². The lowest BCUT2D eigenvalue weighted by molar-refractivity contribution is 1.61. The van der Waals surface area contributed by atoms with Gasteiger partial charge in [-0.2, -0.15) is 0 Å². The smallest absolute Gasteiger partial charge is 0.0623 e. The number of fused-ring (bicyclic) bond motifs is 3. The molecule has 0 atom stereocenters. The maximum atomic E-state index is 2.39. The second-order valence-corrected chi connectivity index (χ2v) is 18.2. The molecular weight excluding hydrogens is 677 g/mol. The Kier molecular flexibility index (Phi) is 8.28. The predicted octanol–water partition coefficient (Wildman–Crippen LogP) is 11.5. The molecule has 0 heterocycles. The Balaban J connectivity index is 1.14. The average Bonchev–Trinajstić information content (AvgIpc) is 3.27. The number of hydrogen-bond donors (Lipinski definition) is 0. The molecule has 0 unspecified atom stereocenters. The fourth-order valence-electron chi connectivity index (χ4n) is 9.00.